The molecule has 0 aliphatic heterocycles. The van der Waals surface area contributed by atoms with Gasteiger partial charge in [0.05, 0.1) is 17.1 Å². The molecule has 0 atom stereocenters. The first-order valence-electron chi connectivity index (χ1n) is 4.80. The van der Waals surface area contributed by atoms with E-state index in [0.29, 0.717) is 24.5 Å². The molecule has 1 aromatic carbocycles. The summed E-state index contributed by atoms with van der Waals surface area (Å²) in [5, 5.41) is -0.0638. The highest BCUT2D eigenvalue weighted by molar-refractivity contribution is 6.33. The molecule has 84 valence electrons. The minimum absolute atomic E-state index is 0.0638. The molecule has 0 amide bonds. The molecule has 0 aliphatic carbocycles. The minimum Gasteiger partial charge on any atom is -0.397 e. The summed E-state index contributed by atoms with van der Waals surface area (Å²) in [5.41, 5.74) is 12.0. The Balaban J connectivity index is 3.34. The van der Waals surface area contributed by atoms with E-state index in [9.17, 15) is 4.39 Å². The lowest BCUT2D eigenvalue weighted by Gasteiger charge is -2.24. The van der Waals surface area contributed by atoms with Crippen molar-refractivity contribution in [2.75, 3.05) is 29.5 Å². The zero-order valence-corrected chi connectivity index (χ0v) is 9.61. The third kappa shape index (κ3) is 2.09. The molecule has 0 saturated carbocycles. The number of hydrogen-bond donors (Lipinski definition) is 2. The lowest BCUT2D eigenvalue weighted by atomic mass is 10.2. The summed E-state index contributed by atoms with van der Waals surface area (Å²) in [6, 6.07) is 1.49. The summed E-state index contributed by atoms with van der Waals surface area (Å²) in [6.45, 7) is 5.18. The van der Waals surface area contributed by atoms with Gasteiger partial charge in [-0.1, -0.05) is 11.6 Å². The number of anilines is 3. The van der Waals surface area contributed by atoms with E-state index < -0.39 is 5.82 Å². The number of halogens is 2. The van der Waals surface area contributed by atoms with Crippen LogP contribution in [0.4, 0.5) is 21.5 Å². The van der Waals surface area contributed by atoms with Gasteiger partial charge in [-0.2, -0.15) is 0 Å². The summed E-state index contributed by atoms with van der Waals surface area (Å²) in [6.07, 6.45) is 0. The Morgan fingerprint density at radius 2 is 1.80 bits per heavy atom. The molecule has 3 nitrogen and oxygen atoms in total. The van der Waals surface area contributed by atoms with Gasteiger partial charge in [-0.05, 0) is 19.9 Å². The molecule has 0 heterocycles. The predicted octanol–water partition coefficient (Wildman–Crippen LogP) is 2.49. The van der Waals surface area contributed by atoms with Crippen LogP contribution in [-0.2, 0) is 0 Å². The maximum atomic E-state index is 13.8. The van der Waals surface area contributed by atoms with E-state index in [4.69, 9.17) is 23.1 Å². The summed E-state index contributed by atoms with van der Waals surface area (Å²) in [4.78, 5) is 1.80. The standard InChI is InChI=1S/C10H15ClFN3/c1-3-15(4-2)10-7(14)5-6(13)8(11)9(10)12/h5H,3-4,13-14H2,1-2H3. The number of nitrogen functional groups attached to an aromatic ring is 2. The molecule has 1 aromatic rings. The van der Waals surface area contributed by atoms with Crippen molar-refractivity contribution in [3.63, 3.8) is 0 Å². The first-order chi connectivity index (χ1) is 7.02. The van der Waals surface area contributed by atoms with Crippen LogP contribution < -0.4 is 16.4 Å². The Labute approximate surface area is 93.8 Å². The smallest absolute Gasteiger partial charge is 0.169 e. The molecule has 0 aliphatic rings. The SMILES string of the molecule is CCN(CC)c1c(N)cc(N)c(Cl)c1F. The van der Waals surface area contributed by atoms with Crippen molar-refractivity contribution >= 4 is 28.7 Å². The molecule has 15 heavy (non-hydrogen) atoms. The van der Waals surface area contributed by atoms with Crippen molar-refractivity contribution in [3.8, 4) is 0 Å². The van der Waals surface area contributed by atoms with Crippen molar-refractivity contribution < 1.29 is 4.39 Å². The normalized spacial score (nSPS) is 10.4. The van der Waals surface area contributed by atoms with Crippen LogP contribution in [0.25, 0.3) is 0 Å². The third-order valence-corrected chi connectivity index (χ3v) is 2.70. The average molecular weight is 232 g/mol. The molecule has 0 aromatic heterocycles. The number of hydrogen-bond acceptors (Lipinski definition) is 3. The van der Waals surface area contributed by atoms with Gasteiger partial charge in [0.15, 0.2) is 5.82 Å². The number of rotatable bonds is 3. The molecule has 5 heteroatoms. The fourth-order valence-electron chi connectivity index (χ4n) is 1.52. The minimum atomic E-state index is -0.544. The number of benzene rings is 1. The fraction of sp³-hybridized carbons (Fsp3) is 0.400. The van der Waals surface area contributed by atoms with Gasteiger partial charge in [0.1, 0.15) is 5.02 Å². The second kappa shape index (κ2) is 4.57. The van der Waals surface area contributed by atoms with Crippen LogP contribution in [0, 0.1) is 5.82 Å². The maximum Gasteiger partial charge on any atom is 0.169 e. The van der Waals surface area contributed by atoms with Gasteiger partial charge in [-0.3, -0.25) is 0 Å². The number of nitrogens with zero attached hydrogens (tertiary/aromatic N) is 1. The Morgan fingerprint density at radius 3 is 2.27 bits per heavy atom. The van der Waals surface area contributed by atoms with Crippen LogP contribution in [0.1, 0.15) is 13.8 Å². The first-order valence-corrected chi connectivity index (χ1v) is 5.18. The first kappa shape index (κ1) is 11.9. The van der Waals surface area contributed by atoms with Gasteiger partial charge >= 0.3 is 0 Å². The highest BCUT2D eigenvalue weighted by Crippen LogP contribution is 2.35. The van der Waals surface area contributed by atoms with Crippen molar-refractivity contribution in [2.45, 2.75) is 13.8 Å². The Hall–Kier alpha value is -1.16. The summed E-state index contributed by atoms with van der Waals surface area (Å²) in [5.74, 6) is -0.544. The summed E-state index contributed by atoms with van der Waals surface area (Å²) in [7, 11) is 0. The highest BCUT2D eigenvalue weighted by Gasteiger charge is 2.17. The van der Waals surface area contributed by atoms with Crippen LogP contribution in [0.3, 0.4) is 0 Å². The van der Waals surface area contributed by atoms with Crippen molar-refractivity contribution in [1.82, 2.24) is 0 Å². The molecule has 0 spiro atoms. The van der Waals surface area contributed by atoms with E-state index in [1.807, 2.05) is 13.8 Å². The maximum absolute atomic E-state index is 13.8. The van der Waals surface area contributed by atoms with Crippen LogP contribution >= 0.6 is 11.6 Å². The van der Waals surface area contributed by atoms with Gasteiger partial charge in [0.25, 0.3) is 0 Å². The molecule has 0 saturated heterocycles. The molecule has 0 fully saturated rings. The second-order valence-corrected chi connectivity index (χ2v) is 3.58. The van der Waals surface area contributed by atoms with Gasteiger partial charge in [-0.25, -0.2) is 4.39 Å². The van der Waals surface area contributed by atoms with Crippen LogP contribution in [0.15, 0.2) is 6.07 Å². The zero-order valence-electron chi connectivity index (χ0n) is 8.85. The monoisotopic (exact) mass is 231 g/mol. The average Bonchev–Trinajstić information content (AvgIpc) is 2.21. The lowest BCUT2D eigenvalue weighted by Crippen LogP contribution is -2.24. The molecule has 0 bridgehead atoms. The Kier molecular flexibility index (Phi) is 3.63. The van der Waals surface area contributed by atoms with E-state index in [2.05, 4.69) is 0 Å². The highest BCUT2D eigenvalue weighted by atomic mass is 35.5. The summed E-state index contributed by atoms with van der Waals surface area (Å²) >= 11 is 5.73. The molecular formula is C10H15ClFN3. The lowest BCUT2D eigenvalue weighted by molar-refractivity contribution is 0.622. The quantitative estimate of drug-likeness (QED) is 0.786. The van der Waals surface area contributed by atoms with E-state index in [1.54, 1.807) is 4.90 Å². The van der Waals surface area contributed by atoms with E-state index in [0.717, 1.165) is 0 Å². The van der Waals surface area contributed by atoms with Gasteiger partial charge in [-0.15, -0.1) is 0 Å². The van der Waals surface area contributed by atoms with Gasteiger partial charge in [0.2, 0.25) is 0 Å². The van der Waals surface area contributed by atoms with Crippen molar-refractivity contribution in [2.24, 2.45) is 0 Å². The topological polar surface area (TPSA) is 55.3 Å². The van der Waals surface area contributed by atoms with Crippen LogP contribution in [0.2, 0.25) is 5.02 Å². The van der Waals surface area contributed by atoms with Crippen LogP contribution in [-0.4, -0.2) is 13.1 Å². The van der Waals surface area contributed by atoms with Gasteiger partial charge < -0.3 is 16.4 Å². The number of nitrogens with two attached hydrogens (primary N) is 2. The largest absolute Gasteiger partial charge is 0.397 e. The van der Waals surface area contributed by atoms with E-state index in [1.165, 1.54) is 6.07 Å². The zero-order chi connectivity index (χ0) is 11.6. The van der Waals surface area contributed by atoms with Crippen molar-refractivity contribution in [3.05, 3.63) is 16.9 Å². The van der Waals surface area contributed by atoms with Gasteiger partial charge in [0, 0.05) is 13.1 Å². The molecule has 4 N–H and O–H groups in total. The predicted molar refractivity (Wildman–Crippen MR) is 63.8 cm³/mol. The fourth-order valence-corrected chi connectivity index (χ4v) is 1.66. The summed E-state index contributed by atoms with van der Waals surface area (Å²) < 4.78 is 13.8. The van der Waals surface area contributed by atoms with E-state index in [-0.39, 0.29) is 10.7 Å². The molecule has 0 radical (unpaired) electrons. The Bertz CT molecular complexity index is 364. The van der Waals surface area contributed by atoms with E-state index >= 15 is 0 Å². The molecule has 0 unspecified atom stereocenters. The molecule has 1 rings (SSSR count). The molecular weight excluding hydrogens is 217 g/mol. The Morgan fingerprint density at radius 1 is 1.27 bits per heavy atom. The second-order valence-electron chi connectivity index (χ2n) is 3.20. The third-order valence-electron chi connectivity index (χ3n) is 2.32. The van der Waals surface area contributed by atoms with Crippen LogP contribution in [0.5, 0.6) is 0 Å². The van der Waals surface area contributed by atoms with Crippen molar-refractivity contribution in [1.29, 1.82) is 0 Å².